The molecule has 30 heavy (non-hydrogen) atoms. The van der Waals surface area contributed by atoms with Crippen molar-refractivity contribution in [2.75, 3.05) is 13.1 Å². The highest BCUT2D eigenvalue weighted by atomic mass is 16.2. The first kappa shape index (κ1) is 19.4. The molecule has 158 valence electrons. The molecule has 1 aromatic carbocycles. The minimum Gasteiger partial charge on any atom is -0.312 e. The first-order valence-corrected chi connectivity index (χ1v) is 10.8. The zero-order valence-electron chi connectivity index (χ0n) is 16.8. The summed E-state index contributed by atoms with van der Waals surface area (Å²) in [5.74, 6) is -1.27. The van der Waals surface area contributed by atoms with Crippen LogP contribution in [0.25, 0.3) is 0 Å². The molecule has 0 aromatic heterocycles. The van der Waals surface area contributed by atoms with Crippen LogP contribution in [0.5, 0.6) is 0 Å². The molecule has 3 aliphatic heterocycles. The molecule has 5 rings (SSSR count). The normalized spacial score (nSPS) is 27.4. The van der Waals surface area contributed by atoms with Gasteiger partial charge in [-0.25, -0.2) is 0 Å². The molecule has 2 saturated heterocycles. The fourth-order valence-electron chi connectivity index (χ4n) is 5.24. The van der Waals surface area contributed by atoms with E-state index < -0.39 is 23.8 Å². The molecule has 1 saturated carbocycles. The molecule has 3 fully saturated rings. The van der Waals surface area contributed by atoms with E-state index >= 15 is 0 Å². The Morgan fingerprint density at radius 2 is 1.90 bits per heavy atom. The number of imide groups is 2. The van der Waals surface area contributed by atoms with Crippen molar-refractivity contribution in [2.24, 2.45) is 5.92 Å². The van der Waals surface area contributed by atoms with Crippen molar-refractivity contribution in [3.05, 3.63) is 34.9 Å². The van der Waals surface area contributed by atoms with Gasteiger partial charge in [0, 0.05) is 18.5 Å². The smallest absolute Gasteiger partial charge is 0.262 e. The Morgan fingerprint density at radius 3 is 2.60 bits per heavy atom. The van der Waals surface area contributed by atoms with Crippen LogP contribution in [0.3, 0.4) is 0 Å². The minimum atomic E-state index is -0.926. The van der Waals surface area contributed by atoms with Crippen LogP contribution in [-0.4, -0.2) is 53.2 Å². The topological polar surface area (TPSA) is 108 Å². The van der Waals surface area contributed by atoms with E-state index in [1.807, 2.05) is 6.07 Å². The third kappa shape index (κ3) is 3.24. The summed E-state index contributed by atoms with van der Waals surface area (Å²) in [6, 6.07) is 4.34. The quantitative estimate of drug-likeness (QED) is 0.617. The number of benzene rings is 1. The second-order valence-electron chi connectivity index (χ2n) is 9.04. The first-order valence-electron chi connectivity index (χ1n) is 10.8. The van der Waals surface area contributed by atoms with Gasteiger partial charge in [0.25, 0.3) is 11.8 Å². The van der Waals surface area contributed by atoms with Crippen LogP contribution in [0.15, 0.2) is 18.2 Å². The fourth-order valence-corrected chi connectivity index (χ4v) is 5.24. The van der Waals surface area contributed by atoms with Crippen LogP contribution in [0.1, 0.15) is 64.8 Å². The number of carbonyl (C=O) groups is 4. The third-order valence-electron chi connectivity index (χ3n) is 7.02. The largest absolute Gasteiger partial charge is 0.312 e. The molecule has 0 radical (unpaired) electrons. The van der Waals surface area contributed by atoms with E-state index in [4.69, 9.17) is 0 Å². The van der Waals surface area contributed by atoms with Crippen molar-refractivity contribution in [1.29, 1.82) is 0 Å². The molecular formula is C22H26N4O4. The van der Waals surface area contributed by atoms with Crippen LogP contribution >= 0.6 is 0 Å². The van der Waals surface area contributed by atoms with Crippen molar-refractivity contribution in [3.8, 4) is 0 Å². The Morgan fingerprint density at radius 1 is 1.10 bits per heavy atom. The number of hydrogen-bond donors (Lipinski definition) is 3. The summed E-state index contributed by atoms with van der Waals surface area (Å²) in [7, 11) is 0. The average molecular weight is 410 g/mol. The number of fused-ring (bicyclic) bond motifs is 1. The predicted octanol–water partition coefficient (Wildman–Crippen LogP) is 0.710. The molecule has 3 N–H and O–H groups in total. The standard InChI is InChI=1S/C22H26N4O4/c27-18-5-4-17(19(28)25-18)26-20(29)15-3-2-13(8-16(15)21(26)30)10-23-11-14-9-22(24-12-14)6-1-7-22/h2-3,8,14,17,23-24H,1,4-7,9-12H2,(H,25,27,28). The Hall–Kier alpha value is -2.58. The van der Waals surface area contributed by atoms with E-state index in [1.54, 1.807) is 12.1 Å². The van der Waals surface area contributed by atoms with E-state index in [2.05, 4.69) is 16.0 Å². The molecule has 8 heteroatoms. The summed E-state index contributed by atoms with van der Waals surface area (Å²) in [6.07, 6.45) is 5.41. The molecule has 0 bridgehead atoms. The minimum absolute atomic E-state index is 0.121. The van der Waals surface area contributed by atoms with Gasteiger partial charge in [-0.15, -0.1) is 0 Å². The number of nitrogens with zero attached hydrogens (tertiary/aromatic N) is 1. The molecule has 2 atom stereocenters. The maximum Gasteiger partial charge on any atom is 0.262 e. The van der Waals surface area contributed by atoms with Crippen molar-refractivity contribution in [2.45, 2.75) is 56.7 Å². The number of hydrogen-bond acceptors (Lipinski definition) is 6. The molecule has 1 aliphatic carbocycles. The van der Waals surface area contributed by atoms with Gasteiger partial charge in [-0.05, 0) is 68.8 Å². The van der Waals surface area contributed by atoms with E-state index in [0.717, 1.165) is 23.6 Å². The van der Waals surface area contributed by atoms with E-state index in [1.165, 1.54) is 25.7 Å². The van der Waals surface area contributed by atoms with Gasteiger partial charge in [0.2, 0.25) is 11.8 Å². The monoisotopic (exact) mass is 410 g/mol. The number of nitrogens with one attached hydrogen (secondary N) is 3. The lowest BCUT2D eigenvalue weighted by atomic mass is 9.74. The zero-order valence-corrected chi connectivity index (χ0v) is 16.8. The summed E-state index contributed by atoms with van der Waals surface area (Å²) in [6.45, 7) is 2.59. The Labute approximate surface area is 174 Å². The highest BCUT2D eigenvalue weighted by Crippen LogP contribution is 2.40. The third-order valence-corrected chi connectivity index (χ3v) is 7.02. The molecule has 1 aromatic rings. The van der Waals surface area contributed by atoms with Crippen LogP contribution in [0.4, 0.5) is 0 Å². The van der Waals surface area contributed by atoms with Gasteiger partial charge in [0.05, 0.1) is 11.1 Å². The Kier molecular flexibility index (Phi) is 4.71. The van der Waals surface area contributed by atoms with Gasteiger partial charge in [-0.3, -0.25) is 29.4 Å². The number of rotatable bonds is 5. The molecule has 3 heterocycles. The van der Waals surface area contributed by atoms with Crippen LogP contribution in [0, 0.1) is 5.92 Å². The second kappa shape index (κ2) is 7.28. The van der Waals surface area contributed by atoms with E-state index in [0.29, 0.717) is 29.1 Å². The Balaban J connectivity index is 1.22. The van der Waals surface area contributed by atoms with Crippen molar-refractivity contribution < 1.29 is 19.2 Å². The average Bonchev–Trinajstić information content (AvgIpc) is 3.23. The lowest BCUT2D eigenvalue weighted by Gasteiger charge is -2.38. The van der Waals surface area contributed by atoms with Gasteiger partial charge in [0.15, 0.2) is 0 Å². The number of piperidine rings is 1. The van der Waals surface area contributed by atoms with E-state index in [9.17, 15) is 19.2 Å². The van der Waals surface area contributed by atoms with Crippen LogP contribution in [-0.2, 0) is 16.1 Å². The number of carbonyl (C=O) groups excluding carboxylic acids is 4. The van der Waals surface area contributed by atoms with Crippen molar-refractivity contribution >= 4 is 23.6 Å². The Bertz CT molecular complexity index is 939. The highest BCUT2D eigenvalue weighted by Gasteiger charge is 2.45. The van der Waals surface area contributed by atoms with Gasteiger partial charge >= 0.3 is 0 Å². The van der Waals surface area contributed by atoms with Crippen LogP contribution < -0.4 is 16.0 Å². The molecule has 4 aliphatic rings. The summed E-state index contributed by atoms with van der Waals surface area (Å²) >= 11 is 0. The fraction of sp³-hybridized carbons (Fsp3) is 0.545. The number of amides is 4. The van der Waals surface area contributed by atoms with Gasteiger partial charge < -0.3 is 10.6 Å². The maximum atomic E-state index is 12.9. The predicted molar refractivity (Wildman–Crippen MR) is 108 cm³/mol. The molecular weight excluding hydrogens is 384 g/mol. The lowest BCUT2D eigenvalue weighted by molar-refractivity contribution is -0.136. The lowest BCUT2D eigenvalue weighted by Crippen LogP contribution is -2.54. The summed E-state index contributed by atoms with van der Waals surface area (Å²) < 4.78 is 0. The van der Waals surface area contributed by atoms with Gasteiger partial charge in [-0.2, -0.15) is 0 Å². The van der Waals surface area contributed by atoms with Gasteiger partial charge in [0.1, 0.15) is 6.04 Å². The van der Waals surface area contributed by atoms with E-state index in [-0.39, 0.29) is 18.7 Å². The summed E-state index contributed by atoms with van der Waals surface area (Å²) in [4.78, 5) is 50.2. The van der Waals surface area contributed by atoms with Crippen molar-refractivity contribution in [1.82, 2.24) is 20.9 Å². The second-order valence-corrected chi connectivity index (χ2v) is 9.04. The zero-order chi connectivity index (χ0) is 20.9. The molecule has 4 amide bonds. The van der Waals surface area contributed by atoms with Gasteiger partial charge in [-0.1, -0.05) is 6.07 Å². The van der Waals surface area contributed by atoms with Crippen molar-refractivity contribution in [3.63, 3.8) is 0 Å². The SMILES string of the molecule is O=C1CCC(N2C(=O)c3ccc(CNCC4CNC5(CCC5)C4)cc3C2=O)C(=O)N1. The summed E-state index contributed by atoms with van der Waals surface area (Å²) in [5.41, 5.74) is 1.98. The highest BCUT2D eigenvalue weighted by molar-refractivity contribution is 6.23. The molecule has 1 spiro atoms. The maximum absolute atomic E-state index is 12.9. The van der Waals surface area contributed by atoms with Crippen LogP contribution in [0.2, 0.25) is 0 Å². The summed E-state index contributed by atoms with van der Waals surface area (Å²) in [5, 5.41) is 9.37. The first-order chi connectivity index (χ1) is 14.5. The molecule has 8 nitrogen and oxygen atoms in total. The molecule has 2 unspecified atom stereocenters.